The van der Waals surface area contributed by atoms with Gasteiger partial charge < -0.3 is 24.3 Å². The smallest absolute Gasteiger partial charge is 0.174 e. The lowest BCUT2D eigenvalue weighted by Gasteiger charge is -2.29. The zero-order chi connectivity index (χ0) is 25.4. The van der Waals surface area contributed by atoms with E-state index < -0.39 is 0 Å². The summed E-state index contributed by atoms with van der Waals surface area (Å²) in [5, 5.41) is 4.02. The molecule has 3 heterocycles. The Balaban J connectivity index is 1.73. The van der Waals surface area contributed by atoms with Gasteiger partial charge in [-0.3, -0.25) is 4.98 Å². The van der Waals surface area contributed by atoms with Crippen LogP contribution >= 0.6 is 12.2 Å². The summed E-state index contributed by atoms with van der Waals surface area (Å²) >= 11 is 5.88. The maximum atomic E-state index is 14.8. The molecule has 8 heteroatoms. The number of para-hydroxylation sites is 1. The van der Waals surface area contributed by atoms with Gasteiger partial charge in [-0.15, -0.1) is 0 Å². The molecule has 2 aromatic carbocycles. The van der Waals surface area contributed by atoms with Crippen LogP contribution in [0.2, 0.25) is 0 Å². The zero-order valence-electron chi connectivity index (χ0n) is 20.5. The second-order valence-electron chi connectivity index (χ2n) is 8.65. The highest BCUT2D eigenvalue weighted by atomic mass is 32.1. The molecule has 1 aliphatic rings. The highest BCUT2D eigenvalue weighted by Crippen LogP contribution is 2.47. The second-order valence-corrected chi connectivity index (χ2v) is 9.03. The molecule has 0 saturated carbocycles. The second kappa shape index (κ2) is 9.62. The van der Waals surface area contributed by atoms with Crippen molar-refractivity contribution in [3.8, 4) is 17.2 Å². The number of ether oxygens (including phenoxy) is 2. The van der Waals surface area contributed by atoms with E-state index in [0.29, 0.717) is 22.3 Å². The topological polar surface area (TPSA) is 51.6 Å². The number of methoxy groups -OCH3 is 2. The quantitative estimate of drug-likeness (QED) is 0.335. The maximum Gasteiger partial charge on any atom is 0.174 e. The summed E-state index contributed by atoms with van der Waals surface area (Å²) in [7, 11) is 3.26. The third kappa shape index (κ3) is 3.97. The standard InChI is InChI=1S/C28H27FN4O2S/c1-17-15-20(18(2)32(17)23-11-6-5-9-21(23)29)27-26(22-10-7-8-14-30-22)31-28(36)33(27)24-16-19(34-3)12-13-25(24)35-4/h5-16,26-27H,1-4H3,(H,31,36). The van der Waals surface area contributed by atoms with Crippen LogP contribution in [0.3, 0.4) is 0 Å². The van der Waals surface area contributed by atoms with Gasteiger partial charge in [0, 0.05) is 23.7 Å². The van der Waals surface area contributed by atoms with Gasteiger partial charge in [0.1, 0.15) is 17.3 Å². The normalized spacial score (nSPS) is 17.2. The van der Waals surface area contributed by atoms with E-state index in [1.807, 2.05) is 65.8 Å². The average molecular weight is 503 g/mol. The molecule has 0 radical (unpaired) electrons. The number of benzene rings is 2. The molecule has 1 N–H and O–H groups in total. The molecule has 184 valence electrons. The van der Waals surface area contributed by atoms with Crippen LogP contribution in [-0.2, 0) is 0 Å². The summed E-state index contributed by atoms with van der Waals surface area (Å²) in [4.78, 5) is 6.68. The van der Waals surface area contributed by atoms with E-state index in [1.165, 1.54) is 6.07 Å². The van der Waals surface area contributed by atoms with E-state index in [2.05, 4.69) is 16.4 Å². The predicted octanol–water partition coefficient (Wildman–Crippen LogP) is 5.82. The van der Waals surface area contributed by atoms with Gasteiger partial charge in [0.2, 0.25) is 0 Å². The van der Waals surface area contributed by atoms with Gasteiger partial charge in [-0.05, 0) is 74.1 Å². The van der Waals surface area contributed by atoms with E-state index in [9.17, 15) is 4.39 Å². The summed E-state index contributed by atoms with van der Waals surface area (Å²) in [6.45, 7) is 3.99. The fourth-order valence-electron chi connectivity index (χ4n) is 5.01. The molecule has 2 aromatic heterocycles. The summed E-state index contributed by atoms with van der Waals surface area (Å²) in [5.74, 6) is 1.07. The van der Waals surface area contributed by atoms with Crippen LogP contribution in [0, 0.1) is 19.7 Å². The first-order valence-electron chi connectivity index (χ1n) is 11.6. The van der Waals surface area contributed by atoms with Gasteiger partial charge in [-0.1, -0.05) is 18.2 Å². The first kappa shape index (κ1) is 23.8. The van der Waals surface area contributed by atoms with Crippen LogP contribution in [0.25, 0.3) is 5.69 Å². The minimum Gasteiger partial charge on any atom is -0.497 e. The van der Waals surface area contributed by atoms with Crippen LogP contribution in [0.15, 0.2) is 72.9 Å². The minimum atomic E-state index is -0.279. The summed E-state index contributed by atoms with van der Waals surface area (Å²) in [6.07, 6.45) is 1.77. The van der Waals surface area contributed by atoms with Crippen LogP contribution in [0.1, 0.15) is 34.7 Å². The van der Waals surface area contributed by atoms with Crippen molar-refractivity contribution >= 4 is 23.0 Å². The summed E-state index contributed by atoms with van der Waals surface area (Å²) in [5.41, 5.74) is 4.97. The fraction of sp³-hybridized carbons (Fsp3) is 0.214. The Morgan fingerprint density at radius 2 is 1.72 bits per heavy atom. The van der Waals surface area contributed by atoms with E-state index >= 15 is 0 Å². The molecule has 1 fully saturated rings. The van der Waals surface area contributed by atoms with Crippen molar-refractivity contribution in [1.82, 2.24) is 14.9 Å². The Morgan fingerprint density at radius 3 is 2.42 bits per heavy atom. The molecule has 4 aromatic rings. The third-order valence-corrected chi connectivity index (χ3v) is 6.94. The number of anilines is 1. The van der Waals surface area contributed by atoms with Crippen molar-refractivity contribution < 1.29 is 13.9 Å². The zero-order valence-corrected chi connectivity index (χ0v) is 21.3. The van der Waals surface area contributed by atoms with Gasteiger partial charge in [0.25, 0.3) is 0 Å². The third-order valence-electron chi connectivity index (χ3n) is 6.63. The highest BCUT2D eigenvalue weighted by molar-refractivity contribution is 7.80. The Morgan fingerprint density at radius 1 is 0.944 bits per heavy atom. The van der Waals surface area contributed by atoms with Crippen molar-refractivity contribution in [2.45, 2.75) is 25.9 Å². The largest absolute Gasteiger partial charge is 0.497 e. The Hall–Kier alpha value is -3.91. The highest BCUT2D eigenvalue weighted by Gasteiger charge is 2.43. The number of rotatable bonds is 6. The van der Waals surface area contributed by atoms with Gasteiger partial charge in [-0.2, -0.15) is 0 Å². The van der Waals surface area contributed by atoms with Crippen molar-refractivity contribution in [3.63, 3.8) is 0 Å². The maximum absolute atomic E-state index is 14.8. The first-order chi connectivity index (χ1) is 17.4. The van der Waals surface area contributed by atoms with Crippen molar-refractivity contribution in [2.24, 2.45) is 0 Å². The van der Waals surface area contributed by atoms with Gasteiger partial charge >= 0.3 is 0 Å². The van der Waals surface area contributed by atoms with Crippen LogP contribution in [0.5, 0.6) is 11.5 Å². The molecule has 0 amide bonds. The number of nitrogens with zero attached hydrogens (tertiary/aromatic N) is 3. The number of thiocarbonyl (C=S) groups is 1. The van der Waals surface area contributed by atoms with Crippen molar-refractivity contribution in [1.29, 1.82) is 0 Å². The molecule has 0 bridgehead atoms. The number of nitrogens with one attached hydrogen (secondary N) is 1. The van der Waals surface area contributed by atoms with Crippen molar-refractivity contribution in [3.05, 3.63) is 101 Å². The molecule has 1 aliphatic heterocycles. The summed E-state index contributed by atoms with van der Waals surface area (Å²) in [6, 6.07) is 19.8. The van der Waals surface area contributed by atoms with Crippen LogP contribution < -0.4 is 19.7 Å². The van der Waals surface area contributed by atoms with E-state index in [4.69, 9.17) is 21.7 Å². The van der Waals surface area contributed by atoms with Crippen LogP contribution in [0.4, 0.5) is 10.1 Å². The summed E-state index contributed by atoms with van der Waals surface area (Å²) < 4.78 is 28.0. The molecule has 0 spiro atoms. The lowest BCUT2D eigenvalue weighted by atomic mass is 9.96. The van der Waals surface area contributed by atoms with Gasteiger partial charge in [0.05, 0.1) is 43.4 Å². The van der Waals surface area contributed by atoms with Crippen molar-refractivity contribution in [2.75, 3.05) is 19.1 Å². The molecule has 36 heavy (non-hydrogen) atoms. The van der Waals surface area contributed by atoms with E-state index in [0.717, 1.165) is 28.3 Å². The molecule has 6 nitrogen and oxygen atoms in total. The van der Waals surface area contributed by atoms with Gasteiger partial charge in [0.15, 0.2) is 5.11 Å². The van der Waals surface area contributed by atoms with Crippen LogP contribution in [-0.4, -0.2) is 28.9 Å². The number of pyridine rings is 1. The lowest BCUT2D eigenvalue weighted by Crippen LogP contribution is -2.30. The fourth-order valence-corrected chi connectivity index (χ4v) is 5.35. The predicted molar refractivity (Wildman–Crippen MR) is 143 cm³/mol. The number of aryl methyl sites for hydroxylation is 1. The lowest BCUT2D eigenvalue weighted by molar-refractivity contribution is 0.403. The molecule has 0 aliphatic carbocycles. The Labute approximate surface area is 215 Å². The average Bonchev–Trinajstić information content (AvgIpc) is 3.39. The molecule has 1 saturated heterocycles. The first-order valence-corrected chi connectivity index (χ1v) is 12.0. The molecular weight excluding hydrogens is 475 g/mol. The molecular formula is C28H27FN4O2S. The van der Waals surface area contributed by atoms with Gasteiger partial charge in [-0.25, -0.2) is 4.39 Å². The SMILES string of the molecule is COc1ccc(OC)c(N2C(=S)NC(c3ccccn3)C2c2cc(C)n(-c3ccccc3F)c2C)c1. The number of hydrogen-bond donors (Lipinski definition) is 1. The number of aromatic nitrogens is 2. The minimum absolute atomic E-state index is 0.246. The number of halogens is 1. The molecule has 2 atom stereocenters. The van der Waals surface area contributed by atoms with E-state index in [-0.39, 0.29) is 17.9 Å². The molecule has 5 rings (SSSR count). The molecule has 2 unspecified atom stereocenters. The number of hydrogen-bond acceptors (Lipinski definition) is 4. The van der Waals surface area contributed by atoms with E-state index in [1.54, 1.807) is 32.5 Å². The monoisotopic (exact) mass is 502 g/mol. The Bertz CT molecular complexity index is 1420. The Kier molecular flexibility index (Phi) is 6.36.